The predicted molar refractivity (Wildman–Crippen MR) is 69.6 cm³/mol. The van der Waals surface area contributed by atoms with Crippen molar-refractivity contribution < 1.29 is 0 Å². The zero-order chi connectivity index (χ0) is 11.5. The highest BCUT2D eigenvalue weighted by Gasteiger charge is 2.37. The summed E-state index contributed by atoms with van der Waals surface area (Å²) in [5.74, 6) is 0.982. The fourth-order valence-corrected chi connectivity index (χ4v) is 2.63. The molecule has 2 rings (SSSR count). The van der Waals surface area contributed by atoms with Gasteiger partial charge in [0.25, 0.3) is 0 Å². The van der Waals surface area contributed by atoms with Gasteiger partial charge in [-0.05, 0) is 39.0 Å². The lowest BCUT2D eigenvalue weighted by atomic mass is 10.0. The molecule has 1 saturated heterocycles. The third-order valence-electron chi connectivity index (χ3n) is 3.93. The molecule has 0 amide bonds. The molecule has 0 aromatic rings. The molecule has 2 aliphatic rings. The van der Waals surface area contributed by atoms with Crippen molar-refractivity contribution in [2.24, 2.45) is 5.92 Å². The molecule has 1 aliphatic carbocycles. The summed E-state index contributed by atoms with van der Waals surface area (Å²) < 4.78 is 0. The van der Waals surface area contributed by atoms with Gasteiger partial charge in [-0.15, -0.1) is 0 Å². The summed E-state index contributed by atoms with van der Waals surface area (Å²) in [5, 5.41) is 3.70. The maximum absolute atomic E-state index is 3.70. The van der Waals surface area contributed by atoms with E-state index in [0.717, 1.165) is 18.5 Å². The molecular formula is C14H26N2. The SMILES string of the molecule is CCC1CN(CC=C(C)C)C(C2CC2)CN1. The number of nitrogens with zero attached hydrogens (tertiary/aromatic N) is 1. The first kappa shape index (κ1) is 12.1. The molecule has 1 saturated carbocycles. The first-order valence-corrected chi connectivity index (χ1v) is 6.81. The van der Waals surface area contributed by atoms with Crippen molar-refractivity contribution in [1.82, 2.24) is 10.2 Å². The first-order valence-electron chi connectivity index (χ1n) is 6.81. The smallest absolute Gasteiger partial charge is 0.0252 e. The van der Waals surface area contributed by atoms with E-state index in [0.29, 0.717) is 6.04 Å². The van der Waals surface area contributed by atoms with Gasteiger partial charge in [0.15, 0.2) is 0 Å². The lowest BCUT2D eigenvalue weighted by molar-refractivity contribution is 0.127. The Morgan fingerprint density at radius 1 is 1.38 bits per heavy atom. The van der Waals surface area contributed by atoms with E-state index in [4.69, 9.17) is 0 Å². The summed E-state index contributed by atoms with van der Waals surface area (Å²) in [5.41, 5.74) is 1.45. The van der Waals surface area contributed by atoms with Gasteiger partial charge < -0.3 is 5.32 Å². The van der Waals surface area contributed by atoms with Crippen molar-refractivity contribution in [1.29, 1.82) is 0 Å². The zero-order valence-corrected chi connectivity index (χ0v) is 11.0. The summed E-state index contributed by atoms with van der Waals surface area (Å²) in [7, 11) is 0. The van der Waals surface area contributed by atoms with E-state index < -0.39 is 0 Å². The molecular weight excluding hydrogens is 196 g/mol. The van der Waals surface area contributed by atoms with Crippen LogP contribution >= 0.6 is 0 Å². The average molecular weight is 222 g/mol. The lowest BCUT2D eigenvalue weighted by Crippen LogP contribution is -2.57. The third kappa shape index (κ3) is 3.08. The molecule has 92 valence electrons. The summed E-state index contributed by atoms with van der Waals surface area (Å²) in [6.45, 7) is 10.3. The Bertz CT molecular complexity index is 251. The number of rotatable bonds is 4. The van der Waals surface area contributed by atoms with E-state index >= 15 is 0 Å². The highest BCUT2D eigenvalue weighted by Crippen LogP contribution is 2.36. The van der Waals surface area contributed by atoms with Gasteiger partial charge in [-0.3, -0.25) is 4.90 Å². The van der Waals surface area contributed by atoms with Crippen molar-refractivity contribution in [3.8, 4) is 0 Å². The third-order valence-corrected chi connectivity index (χ3v) is 3.93. The van der Waals surface area contributed by atoms with E-state index in [1.807, 2.05) is 0 Å². The minimum absolute atomic E-state index is 0.709. The summed E-state index contributed by atoms with van der Waals surface area (Å²) in [6, 6.07) is 1.51. The van der Waals surface area contributed by atoms with Crippen molar-refractivity contribution >= 4 is 0 Å². The fraction of sp³-hybridized carbons (Fsp3) is 0.857. The van der Waals surface area contributed by atoms with Gasteiger partial charge in [-0.2, -0.15) is 0 Å². The number of hydrogen-bond acceptors (Lipinski definition) is 2. The molecule has 0 spiro atoms. The van der Waals surface area contributed by atoms with Crippen LogP contribution < -0.4 is 5.32 Å². The molecule has 1 N–H and O–H groups in total. The normalized spacial score (nSPS) is 31.4. The van der Waals surface area contributed by atoms with Gasteiger partial charge in [-0.25, -0.2) is 0 Å². The van der Waals surface area contributed by atoms with Crippen LogP contribution in [0.2, 0.25) is 0 Å². The molecule has 2 unspecified atom stereocenters. The van der Waals surface area contributed by atoms with Gasteiger partial charge in [-0.1, -0.05) is 18.6 Å². The second-order valence-corrected chi connectivity index (χ2v) is 5.65. The number of allylic oxidation sites excluding steroid dienone is 1. The Morgan fingerprint density at radius 3 is 2.69 bits per heavy atom. The maximum atomic E-state index is 3.70. The van der Waals surface area contributed by atoms with Crippen LogP contribution in [0.3, 0.4) is 0 Å². The van der Waals surface area contributed by atoms with Crippen LogP contribution in [0.4, 0.5) is 0 Å². The number of nitrogens with one attached hydrogen (secondary N) is 1. The lowest BCUT2D eigenvalue weighted by Gasteiger charge is -2.40. The Balaban J connectivity index is 1.93. The van der Waals surface area contributed by atoms with E-state index in [1.54, 1.807) is 0 Å². The van der Waals surface area contributed by atoms with Gasteiger partial charge in [0.05, 0.1) is 0 Å². The number of hydrogen-bond donors (Lipinski definition) is 1. The second kappa shape index (κ2) is 5.33. The molecule has 16 heavy (non-hydrogen) atoms. The maximum Gasteiger partial charge on any atom is 0.0252 e. The van der Waals surface area contributed by atoms with E-state index in [-0.39, 0.29) is 0 Å². The van der Waals surface area contributed by atoms with Crippen LogP contribution in [0.1, 0.15) is 40.0 Å². The zero-order valence-electron chi connectivity index (χ0n) is 11.0. The topological polar surface area (TPSA) is 15.3 Å². The van der Waals surface area contributed by atoms with Crippen molar-refractivity contribution in [2.75, 3.05) is 19.6 Å². The molecule has 1 heterocycles. The van der Waals surface area contributed by atoms with Gasteiger partial charge >= 0.3 is 0 Å². The fourth-order valence-electron chi connectivity index (χ4n) is 2.63. The Kier molecular flexibility index (Phi) is 4.04. The Hall–Kier alpha value is -0.340. The van der Waals surface area contributed by atoms with Crippen molar-refractivity contribution in [3.05, 3.63) is 11.6 Å². The quantitative estimate of drug-likeness (QED) is 0.735. The molecule has 0 aromatic heterocycles. The van der Waals surface area contributed by atoms with E-state index in [9.17, 15) is 0 Å². The molecule has 2 atom stereocenters. The average Bonchev–Trinajstić information content (AvgIpc) is 3.09. The molecule has 1 aliphatic heterocycles. The minimum atomic E-state index is 0.709. The molecule has 0 radical (unpaired) electrons. The molecule has 2 fully saturated rings. The van der Waals surface area contributed by atoms with Crippen LogP contribution in [0.25, 0.3) is 0 Å². The molecule has 2 nitrogen and oxygen atoms in total. The van der Waals surface area contributed by atoms with Crippen molar-refractivity contribution in [3.63, 3.8) is 0 Å². The van der Waals surface area contributed by atoms with Crippen LogP contribution in [-0.2, 0) is 0 Å². The van der Waals surface area contributed by atoms with Gasteiger partial charge in [0.1, 0.15) is 0 Å². The minimum Gasteiger partial charge on any atom is -0.311 e. The predicted octanol–water partition coefficient (Wildman–Crippen LogP) is 2.42. The Morgan fingerprint density at radius 2 is 2.12 bits per heavy atom. The summed E-state index contributed by atoms with van der Waals surface area (Å²) in [4.78, 5) is 2.70. The van der Waals surface area contributed by atoms with Crippen molar-refractivity contribution in [2.45, 2.75) is 52.1 Å². The standard InChI is InChI=1S/C14H26N2/c1-4-13-10-16(8-7-11(2)3)14(9-15-13)12-5-6-12/h7,12-15H,4-6,8-10H2,1-3H3. The summed E-state index contributed by atoms with van der Waals surface area (Å²) in [6.07, 6.45) is 6.54. The largest absolute Gasteiger partial charge is 0.311 e. The molecule has 0 bridgehead atoms. The monoisotopic (exact) mass is 222 g/mol. The van der Waals surface area contributed by atoms with Crippen LogP contribution in [-0.4, -0.2) is 36.6 Å². The summed E-state index contributed by atoms with van der Waals surface area (Å²) >= 11 is 0. The number of piperazine rings is 1. The van der Waals surface area contributed by atoms with Crippen LogP contribution in [0, 0.1) is 5.92 Å². The van der Waals surface area contributed by atoms with E-state index in [2.05, 4.69) is 37.1 Å². The second-order valence-electron chi connectivity index (χ2n) is 5.65. The molecule has 0 aromatic carbocycles. The molecule has 2 heteroatoms. The first-order chi connectivity index (χ1) is 7.70. The highest BCUT2D eigenvalue weighted by molar-refractivity contribution is 5.00. The highest BCUT2D eigenvalue weighted by atomic mass is 15.2. The van der Waals surface area contributed by atoms with Gasteiger partial charge in [0.2, 0.25) is 0 Å². The van der Waals surface area contributed by atoms with E-state index in [1.165, 1.54) is 37.9 Å². The van der Waals surface area contributed by atoms with Gasteiger partial charge in [0, 0.05) is 31.7 Å². The Labute approximate surface area is 100 Å². The van der Waals surface area contributed by atoms with Crippen LogP contribution in [0.5, 0.6) is 0 Å². The van der Waals surface area contributed by atoms with Crippen LogP contribution in [0.15, 0.2) is 11.6 Å².